The minimum atomic E-state index is -0.866. The molecule has 0 aromatic heterocycles. The monoisotopic (exact) mass is 268 g/mol. The molecule has 19 heavy (non-hydrogen) atoms. The molecule has 0 heterocycles. The Morgan fingerprint density at radius 2 is 2.05 bits per heavy atom. The van der Waals surface area contributed by atoms with E-state index in [1.807, 2.05) is 0 Å². The second-order valence-corrected chi connectivity index (χ2v) is 4.54. The molecule has 1 aromatic carbocycles. The number of carbonyl (C=O) groups excluding carboxylic acids is 2. The molecule has 1 aliphatic carbocycles. The molecule has 0 bridgehead atoms. The van der Waals surface area contributed by atoms with Crippen LogP contribution in [-0.2, 0) is 9.59 Å². The number of halogens is 2. The predicted molar refractivity (Wildman–Crippen MR) is 65.5 cm³/mol. The SMILES string of the molecule is CC(=O)N(CC(=O)NC1CC1)c1ccc(F)cc1F. The van der Waals surface area contributed by atoms with Crippen molar-refractivity contribution in [1.82, 2.24) is 5.32 Å². The maximum absolute atomic E-state index is 13.6. The minimum absolute atomic E-state index is 0.0974. The zero-order valence-corrected chi connectivity index (χ0v) is 10.5. The lowest BCUT2D eigenvalue weighted by Crippen LogP contribution is -2.41. The van der Waals surface area contributed by atoms with Crippen LogP contribution in [0.25, 0.3) is 0 Å². The number of rotatable bonds is 4. The third-order valence-corrected chi connectivity index (χ3v) is 2.82. The predicted octanol–water partition coefficient (Wildman–Crippen LogP) is 1.60. The molecule has 1 N–H and O–H groups in total. The molecule has 0 saturated heterocycles. The lowest BCUT2D eigenvalue weighted by molar-refractivity contribution is -0.123. The van der Waals surface area contributed by atoms with Crippen molar-refractivity contribution in [3.8, 4) is 0 Å². The Morgan fingerprint density at radius 1 is 1.37 bits per heavy atom. The van der Waals surface area contributed by atoms with Crippen molar-refractivity contribution < 1.29 is 18.4 Å². The molecule has 0 aliphatic heterocycles. The summed E-state index contributed by atoms with van der Waals surface area (Å²) in [4.78, 5) is 24.2. The van der Waals surface area contributed by atoms with E-state index < -0.39 is 17.5 Å². The zero-order valence-electron chi connectivity index (χ0n) is 10.5. The van der Waals surface area contributed by atoms with Gasteiger partial charge in [0.05, 0.1) is 5.69 Å². The van der Waals surface area contributed by atoms with Crippen LogP contribution >= 0.6 is 0 Å². The summed E-state index contributed by atoms with van der Waals surface area (Å²) in [5, 5.41) is 2.71. The fourth-order valence-electron chi connectivity index (χ4n) is 1.71. The Kier molecular flexibility index (Phi) is 3.78. The molecule has 0 atom stereocenters. The van der Waals surface area contributed by atoms with E-state index >= 15 is 0 Å². The van der Waals surface area contributed by atoms with Crippen LogP contribution in [0.1, 0.15) is 19.8 Å². The molecule has 0 radical (unpaired) electrons. The van der Waals surface area contributed by atoms with Gasteiger partial charge in [-0.3, -0.25) is 9.59 Å². The van der Waals surface area contributed by atoms with Crippen LogP contribution in [0.3, 0.4) is 0 Å². The highest BCUT2D eigenvalue weighted by molar-refractivity contribution is 5.97. The van der Waals surface area contributed by atoms with Gasteiger partial charge in [0.15, 0.2) is 0 Å². The van der Waals surface area contributed by atoms with Gasteiger partial charge in [-0.15, -0.1) is 0 Å². The normalized spacial score (nSPS) is 14.1. The Hall–Kier alpha value is -1.98. The first-order valence-corrected chi connectivity index (χ1v) is 6.00. The highest BCUT2D eigenvalue weighted by Crippen LogP contribution is 2.21. The van der Waals surface area contributed by atoms with Crippen LogP contribution in [0.4, 0.5) is 14.5 Å². The smallest absolute Gasteiger partial charge is 0.240 e. The largest absolute Gasteiger partial charge is 0.352 e. The summed E-state index contributed by atoms with van der Waals surface area (Å²) in [7, 11) is 0. The lowest BCUT2D eigenvalue weighted by atomic mass is 10.2. The quantitative estimate of drug-likeness (QED) is 0.901. The van der Waals surface area contributed by atoms with Gasteiger partial charge in [-0.05, 0) is 25.0 Å². The van der Waals surface area contributed by atoms with Crippen molar-refractivity contribution in [3.63, 3.8) is 0 Å². The molecule has 1 aliphatic rings. The van der Waals surface area contributed by atoms with Crippen molar-refractivity contribution in [1.29, 1.82) is 0 Å². The van der Waals surface area contributed by atoms with E-state index in [1.165, 1.54) is 6.92 Å². The van der Waals surface area contributed by atoms with E-state index in [1.54, 1.807) is 0 Å². The van der Waals surface area contributed by atoms with Gasteiger partial charge >= 0.3 is 0 Å². The topological polar surface area (TPSA) is 49.4 Å². The Morgan fingerprint density at radius 3 is 2.58 bits per heavy atom. The van der Waals surface area contributed by atoms with Crippen LogP contribution in [0, 0.1) is 11.6 Å². The summed E-state index contributed by atoms with van der Waals surface area (Å²) >= 11 is 0. The van der Waals surface area contributed by atoms with Crippen LogP contribution < -0.4 is 10.2 Å². The number of benzene rings is 1. The molecule has 2 amide bonds. The summed E-state index contributed by atoms with van der Waals surface area (Å²) < 4.78 is 26.5. The van der Waals surface area contributed by atoms with Gasteiger partial charge in [0, 0.05) is 19.0 Å². The zero-order chi connectivity index (χ0) is 14.0. The second kappa shape index (κ2) is 5.34. The number of amides is 2. The molecule has 2 rings (SSSR count). The number of nitrogens with zero attached hydrogens (tertiary/aromatic N) is 1. The fraction of sp³-hybridized carbons (Fsp3) is 0.385. The molecule has 0 unspecified atom stereocenters. The van der Waals surface area contributed by atoms with E-state index in [0.717, 1.165) is 29.9 Å². The van der Waals surface area contributed by atoms with E-state index in [4.69, 9.17) is 0 Å². The molecule has 0 spiro atoms. The number of carbonyl (C=O) groups is 2. The third-order valence-electron chi connectivity index (χ3n) is 2.82. The standard InChI is InChI=1S/C13H14F2N2O2/c1-8(18)17(7-13(19)16-10-3-4-10)12-5-2-9(14)6-11(12)15/h2,5-6,10H,3-4,7H2,1H3,(H,16,19). The van der Waals surface area contributed by atoms with Crippen molar-refractivity contribution in [2.45, 2.75) is 25.8 Å². The average Bonchev–Trinajstić information content (AvgIpc) is 3.10. The van der Waals surface area contributed by atoms with Gasteiger partial charge in [0.25, 0.3) is 0 Å². The molecule has 6 heteroatoms. The molecule has 102 valence electrons. The number of hydrogen-bond acceptors (Lipinski definition) is 2. The number of nitrogens with one attached hydrogen (secondary N) is 1. The van der Waals surface area contributed by atoms with Crippen LogP contribution in [0.15, 0.2) is 18.2 Å². The van der Waals surface area contributed by atoms with Gasteiger partial charge in [0.2, 0.25) is 11.8 Å². The number of hydrogen-bond donors (Lipinski definition) is 1. The molecular weight excluding hydrogens is 254 g/mol. The van der Waals surface area contributed by atoms with Crippen molar-refractivity contribution in [2.24, 2.45) is 0 Å². The maximum atomic E-state index is 13.6. The second-order valence-electron chi connectivity index (χ2n) is 4.54. The summed E-state index contributed by atoms with van der Waals surface area (Å²) in [5.41, 5.74) is -0.0974. The Labute approximate surface area is 109 Å². The van der Waals surface area contributed by atoms with Crippen LogP contribution in [0.5, 0.6) is 0 Å². The first-order valence-electron chi connectivity index (χ1n) is 6.00. The van der Waals surface area contributed by atoms with Crippen molar-refractivity contribution >= 4 is 17.5 Å². The van der Waals surface area contributed by atoms with Crippen molar-refractivity contribution in [2.75, 3.05) is 11.4 Å². The lowest BCUT2D eigenvalue weighted by Gasteiger charge is -2.21. The van der Waals surface area contributed by atoms with Crippen LogP contribution in [0.2, 0.25) is 0 Å². The molecule has 4 nitrogen and oxygen atoms in total. The van der Waals surface area contributed by atoms with Gasteiger partial charge in [-0.2, -0.15) is 0 Å². The van der Waals surface area contributed by atoms with E-state index in [-0.39, 0.29) is 24.2 Å². The van der Waals surface area contributed by atoms with E-state index in [0.29, 0.717) is 6.07 Å². The first-order chi connectivity index (χ1) is 8.97. The van der Waals surface area contributed by atoms with Gasteiger partial charge < -0.3 is 10.2 Å². The summed E-state index contributed by atoms with van der Waals surface area (Å²) in [6.07, 6.45) is 1.85. The van der Waals surface area contributed by atoms with Crippen molar-refractivity contribution in [3.05, 3.63) is 29.8 Å². The molecule has 1 saturated carbocycles. The summed E-state index contributed by atoms with van der Waals surface area (Å²) in [5.74, 6) is -2.42. The molecule has 1 aromatic rings. The summed E-state index contributed by atoms with van der Waals surface area (Å²) in [6, 6.07) is 3.05. The molecular formula is C13H14F2N2O2. The minimum Gasteiger partial charge on any atom is -0.352 e. The third kappa shape index (κ3) is 3.49. The summed E-state index contributed by atoms with van der Waals surface area (Å²) in [6.45, 7) is 0.960. The van der Waals surface area contributed by atoms with Gasteiger partial charge in [0.1, 0.15) is 18.2 Å². The molecule has 1 fully saturated rings. The fourth-order valence-corrected chi connectivity index (χ4v) is 1.71. The van der Waals surface area contributed by atoms with Gasteiger partial charge in [-0.1, -0.05) is 0 Å². The van der Waals surface area contributed by atoms with E-state index in [2.05, 4.69) is 5.32 Å². The van der Waals surface area contributed by atoms with Crippen LogP contribution in [-0.4, -0.2) is 24.4 Å². The Balaban J connectivity index is 2.14. The van der Waals surface area contributed by atoms with Gasteiger partial charge in [-0.25, -0.2) is 8.78 Å². The van der Waals surface area contributed by atoms with E-state index in [9.17, 15) is 18.4 Å². The average molecular weight is 268 g/mol. The highest BCUT2D eigenvalue weighted by atomic mass is 19.1. The first kappa shape index (κ1) is 13.5. The highest BCUT2D eigenvalue weighted by Gasteiger charge is 2.25. The Bertz CT molecular complexity index is 515. The maximum Gasteiger partial charge on any atom is 0.240 e. The number of anilines is 1.